The minimum Gasteiger partial charge on any atom is -0.493 e. The first-order chi connectivity index (χ1) is 14.0. The Kier molecular flexibility index (Phi) is 8.69. The fourth-order valence-electron chi connectivity index (χ4n) is 2.40. The predicted octanol–water partition coefficient (Wildman–Crippen LogP) is 3.84. The van der Waals surface area contributed by atoms with Crippen LogP contribution in [0, 0.1) is 0 Å². The molecule has 0 spiro atoms. The van der Waals surface area contributed by atoms with Crippen molar-refractivity contribution in [3.05, 3.63) is 59.7 Å². The van der Waals surface area contributed by atoms with E-state index in [0.29, 0.717) is 30.2 Å². The summed E-state index contributed by atoms with van der Waals surface area (Å²) < 4.78 is 15.6. The third-order valence-electron chi connectivity index (χ3n) is 3.88. The maximum absolute atomic E-state index is 12.2. The quantitative estimate of drug-likeness (QED) is 0.482. The summed E-state index contributed by atoms with van der Waals surface area (Å²) in [5, 5.41) is 2.61. The van der Waals surface area contributed by atoms with E-state index in [0.717, 1.165) is 12.8 Å². The third-order valence-corrected chi connectivity index (χ3v) is 3.88. The molecule has 7 nitrogen and oxygen atoms in total. The lowest BCUT2D eigenvalue weighted by Gasteiger charge is -2.10. The highest BCUT2D eigenvalue weighted by atomic mass is 16.5. The average Bonchev–Trinajstić information content (AvgIpc) is 2.73. The summed E-state index contributed by atoms with van der Waals surface area (Å²) in [7, 11) is 0. The normalized spacial score (nSPS) is 10.1. The molecule has 0 aliphatic rings. The molecule has 0 fully saturated rings. The molecule has 0 aliphatic heterocycles. The van der Waals surface area contributed by atoms with Gasteiger partial charge in [-0.25, -0.2) is 9.59 Å². The number of hydrogen-bond donors (Lipinski definition) is 1. The van der Waals surface area contributed by atoms with Gasteiger partial charge in [-0.2, -0.15) is 0 Å². The van der Waals surface area contributed by atoms with Crippen LogP contribution in [0.1, 0.15) is 47.4 Å². The minimum atomic E-state index is -0.644. The number of para-hydroxylation sites is 1. The Hall–Kier alpha value is -3.35. The Labute approximate surface area is 170 Å². The molecule has 0 bridgehead atoms. The van der Waals surface area contributed by atoms with Crippen LogP contribution in [-0.2, 0) is 14.3 Å². The van der Waals surface area contributed by atoms with Crippen LogP contribution in [0.5, 0.6) is 5.75 Å². The van der Waals surface area contributed by atoms with Gasteiger partial charge in [-0.1, -0.05) is 25.5 Å². The van der Waals surface area contributed by atoms with E-state index in [1.165, 1.54) is 0 Å². The lowest BCUT2D eigenvalue weighted by molar-refractivity contribution is -0.119. The highest BCUT2D eigenvalue weighted by molar-refractivity contribution is 5.97. The molecule has 0 atom stereocenters. The first-order valence-corrected chi connectivity index (χ1v) is 9.51. The number of benzene rings is 2. The van der Waals surface area contributed by atoms with Crippen molar-refractivity contribution in [3.8, 4) is 5.75 Å². The number of nitrogens with one attached hydrogen (secondary N) is 1. The van der Waals surface area contributed by atoms with Crippen molar-refractivity contribution in [2.45, 2.75) is 26.7 Å². The van der Waals surface area contributed by atoms with Crippen LogP contribution in [0.25, 0.3) is 0 Å². The maximum Gasteiger partial charge on any atom is 0.342 e. The topological polar surface area (TPSA) is 90.9 Å². The predicted molar refractivity (Wildman–Crippen MR) is 108 cm³/mol. The molecule has 0 heterocycles. The molecular weight excluding hydrogens is 374 g/mol. The van der Waals surface area contributed by atoms with E-state index >= 15 is 0 Å². The summed E-state index contributed by atoms with van der Waals surface area (Å²) in [6, 6.07) is 13.0. The van der Waals surface area contributed by atoms with Crippen molar-refractivity contribution >= 4 is 23.5 Å². The molecule has 2 aromatic rings. The van der Waals surface area contributed by atoms with E-state index in [2.05, 4.69) is 5.32 Å². The number of carbonyl (C=O) groups excluding carboxylic acids is 3. The summed E-state index contributed by atoms with van der Waals surface area (Å²) in [5.41, 5.74) is 1.14. The van der Waals surface area contributed by atoms with Gasteiger partial charge in [0.15, 0.2) is 6.61 Å². The lowest BCUT2D eigenvalue weighted by atomic mass is 10.2. The second-order valence-corrected chi connectivity index (χ2v) is 6.12. The van der Waals surface area contributed by atoms with E-state index in [1.807, 2.05) is 13.8 Å². The van der Waals surface area contributed by atoms with Crippen LogP contribution in [0.3, 0.4) is 0 Å². The zero-order valence-corrected chi connectivity index (χ0v) is 16.6. The third kappa shape index (κ3) is 6.95. The highest BCUT2D eigenvalue weighted by Gasteiger charge is 2.15. The number of amides is 1. The molecule has 29 heavy (non-hydrogen) atoms. The van der Waals surface area contributed by atoms with Gasteiger partial charge in [0.25, 0.3) is 5.91 Å². The number of hydrogen-bond acceptors (Lipinski definition) is 6. The van der Waals surface area contributed by atoms with E-state index in [1.54, 1.807) is 48.5 Å². The Balaban J connectivity index is 1.85. The van der Waals surface area contributed by atoms with Crippen LogP contribution in [0.2, 0.25) is 0 Å². The van der Waals surface area contributed by atoms with Gasteiger partial charge in [0.2, 0.25) is 0 Å². The second kappa shape index (κ2) is 11.5. The van der Waals surface area contributed by atoms with Crippen molar-refractivity contribution in [3.63, 3.8) is 0 Å². The summed E-state index contributed by atoms with van der Waals surface area (Å²) in [6.45, 7) is 4.17. The van der Waals surface area contributed by atoms with Crippen molar-refractivity contribution in [2.24, 2.45) is 0 Å². The second-order valence-electron chi connectivity index (χ2n) is 6.12. The van der Waals surface area contributed by atoms with Crippen molar-refractivity contribution < 1.29 is 28.6 Å². The van der Waals surface area contributed by atoms with E-state index in [4.69, 9.17) is 14.2 Å². The smallest absolute Gasteiger partial charge is 0.342 e. The molecule has 0 aliphatic carbocycles. The number of ether oxygens (including phenoxy) is 3. The SMILES string of the molecule is CCCCOC(=O)c1ccc(NC(=O)COC(=O)c2ccccc2OCC)cc1. The van der Waals surface area contributed by atoms with Gasteiger partial charge in [-0.05, 0) is 49.7 Å². The zero-order valence-electron chi connectivity index (χ0n) is 16.6. The summed E-state index contributed by atoms with van der Waals surface area (Å²) >= 11 is 0. The fraction of sp³-hybridized carbons (Fsp3) is 0.318. The molecule has 1 N–H and O–H groups in total. The van der Waals surface area contributed by atoms with Crippen LogP contribution in [0.4, 0.5) is 5.69 Å². The maximum atomic E-state index is 12.2. The van der Waals surface area contributed by atoms with E-state index in [-0.39, 0.29) is 5.56 Å². The van der Waals surface area contributed by atoms with Gasteiger partial charge in [0.05, 0.1) is 18.8 Å². The van der Waals surface area contributed by atoms with Crippen LogP contribution in [-0.4, -0.2) is 37.7 Å². The molecule has 2 rings (SSSR count). The molecule has 0 saturated heterocycles. The summed E-state index contributed by atoms with van der Waals surface area (Å²) in [4.78, 5) is 36.1. The number of anilines is 1. The Morgan fingerprint density at radius 2 is 1.62 bits per heavy atom. The number of rotatable bonds is 10. The van der Waals surface area contributed by atoms with Crippen LogP contribution in [0.15, 0.2) is 48.5 Å². The minimum absolute atomic E-state index is 0.257. The molecule has 0 aromatic heterocycles. The van der Waals surface area contributed by atoms with E-state index < -0.39 is 24.5 Å². The Morgan fingerprint density at radius 1 is 0.897 bits per heavy atom. The van der Waals surface area contributed by atoms with Gasteiger partial charge in [0.1, 0.15) is 11.3 Å². The van der Waals surface area contributed by atoms with E-state index in [9.17, 15) is 14.4 Å². The first kappa shape index (κ1) is 21.9. The fourth-order valence-corrected chi connectivity index (χ4v) is 2.40. The lowest BCUT2D eigenvalue weighted by Crippen LogP contribution is -2.21. The summed E-state index contributed by atoms with van der Waals surface area (Å²) in [5.74, 6) is -1.14. The van der Waals surface area contributed by atoms with Crippen LogP contribution < -0.4 is 10.1 Å². The summed E-state index contributed by atoms with van der Waals surface area (Å²) in [6.07, 6.45) is 1.76. The van der Waals surface area contributed by atoms with Gasteiger partial charge in [0, 0.05) is 5.69 Å². The Bertz CT molecular complexity index is 831. The van der Waals surface area contributed by atoms with Gasteiger partial charge in [-0.3, -0.25) is 4.79 Å². The number of unbranched alkanes of at least 4 members (excludes halogenated alkanes) is 1. The molecule has 7 heteroatoms. The Morgan fingerprint density at radius 3 is 2.31 bits per heavy atom. The average molecular weight is 399 g/mol. The molecular formula is C22H25NO6. The molecule has 0 saturated carbocycles. The van der Waals surface area contributed by atoms with Crippen molar-refractivity contribution in [1.29, 1.82) is 0 Å². The monoisotopic (exact) mass is 399 g/mol. The molecule has 2 aromatic carbocycles. The van der Waals surface area contributed by atoms with Gasteiger partial charge < -0.3 is 19.5 Å². The van der Waals surface area contributed by atoms with Gasteiger partial charge in [-0.15, -0.1) is 0 Å². The molecule has 0 radical (unpaired) electrons. The van der Waals surface area contributed by atoms with Crippen molar-refractivity contribution in [1.82, 2.24) is 0 Å². The number of esters is 2. The molecule has 154 valence electrons. The molecule has 0 unspecified atom stereocenters. The van der Waals surface area contributed by atoms with Crippen LogP contribution >= 0.6 is 0 Å². The zero-order chi connectivity index (χ0) is 21.1. The number of carbonyl (C=O) groups is 3. The van der Waals surface area contributed by atoms with Gasteiger partial charge >= 0.3 is 11.9 Å². The van der Waals surface area contributed by atoms with Crippen molar-refractivity contribution in [2.75, 3.05) is 25.1 Å². The highest BCUT2D eigenvalue weighted by Crippen LogP contribution is 2.19. The standard InChI is InChI=1S/C22H25NO6/c1-3-5-14-28-21(25)16-10-12-17(13-11-16)23-20(24)15-29-22(26)18-8-6-7-9-19(18)27-4-2/h6-13H,3-5,14-15H2,1-2H3,(H,23,24). The molecule has 1 amide bonds. The largest absolute Gasteiger partial charge is 0.493 e. The first-order valence-electron chi connectivity index (χ1n) is 9.51.